The highest BCUT2D eigenvalue weighted by atomic mass is 35.5. The second kappa shape index (κ2) is 12.3. The number of fused-ring (bicyclic) bond motifs is 2. The van der Waals surface area contributed by atoms with Crippen molar-refractivity contribution in [3.05, 3.63) is 34.4 Å². The summed E-state index contributed by atoms with van der Waals surface area (Å²) in [6, 6.07) is 1.87. The van der Waals surface area contributed by atoms with E-state index in [0.717, 1.165) is 28.7 Å². The molecule has 0 amide bonds. The standard InChI is InChI=1S/C31H26ClF7N6O2S/c32-22-20(14-2-3-16(34)26-19(14)15(9-40)28(41)48-26)23(37)24-21-25(22)46-11-17(27(38)39)45(7-4-18(35)36)29(21)43-30(42-24)47-12-31-5-1-6-44(31)10-13(33)8-31/h2-3,13,17-18,27H,1,4-8,10-12,41H2/t13-,17-,31+/m1/s1. The summed E-state index contributed by atoms with van der Waals surface area (Å²) in [5.41, 5.74) is 4.24. The molecule has 0 saturated carbocycles. The van der Waals surface area contributed by atoms with Gasteiger partial charge in [-0.15, -0.1) is 11.3 Å². The number of aromatic nitrogens is 2. The van der Waals surface area contributed by atoms with Crippen LogP contribution in [0.1, 0.15) is 31.2 Å². The lowest BCUT2D eigenvalue weighted by molar-refractivity contribution is 0.0818. The average molecular weight is 715 g/mol. The predicted molar refractivity (Wildman–Crippen MR) is 166 cm³/mol. The molecule has 0 aliphatic carbocycles. The van der Waals surface area contributed by atoms with Crippen LogP contribution in [0.4, 0.5) is 41.6 Å². The number of benzene rings is 2. The zero-order chi connectivity index (χ0) is 34.1. The molecule has 7 rings (SSSR count). The number of rotatable bonds is 8. The van der Waals surface area contributed by atoms with Crippen LogP contribution in [0, 0.1) is 23.0 Å². The molecule has 2 fully saturated rings. The van der Waals surface area contributed by atoms with Gasteiger partial charge in [0.25, 0.3) is 6.43 Å². The summed E-state index contributed by atoms with van der Waals surface area (Å²) in [5, 5.41) is 9.09. The van der Waals surface area contributed by atoms with Crippen LogP contribution in [-0.4, -0.2) is 78.3 Å². The van der Waals surface area contributed by atoms with Crippen molar-refractivity contribution < 1.29 is 40.2 Å². The Morgan fingerprint density at radius 2 is 2.00 bits per heavy atom. The maximum Gasteiger partial charge on any atom is 0.319 e. The smallest absolute Gasteiger partial charge is 0.319 e. The lowest BCUT2D eigenvalue weighted by Crippen LogP contribution is -2.45. The third-order valence-corrected chi connectivity index (χ3v) is 10.7. The Morgan fingerprint density at radius 1 is 1.21 bits per heavy atom. The second-order valence-corrected chi connectivity index (χ2v) is 13.5. The van der Waals surface area contributed by atoms with E-state index in [1.807, 2.05) is 11.0 Å². The van der Waals surface area contributed by atoms with Crippen LogP contribution >= 0.6 is 22.9 Å². The third-order valence-electron chi connectivity index (χ3n) is 9.32. The Labute approximate surface area is 277 Å². The van der Waals surface area contributed by atoms with E-state index in [2.05, 4.69) is 9.97 Å². The first-order chi connectivity index (χ1) is 22.9. The molecule has 8 nitrogen and oxygen atoms in total. The van der Waals surface area contributed by atoms with Crippen LogP contribution in [-0.2, 0) is 0 Å². The highest BCUT2D eigenvalue weighted by Crippen LogP contribution is 2.51. The number of hydrogen-bond acceptors (Lipinski definition) is 9. The van der Waals surface area contributed by atoms with Crippen molar-refractivity contribution in [3.63, 3.8) is 0 Å². The topological polar surface area (TPSA) is 101 Å². The van der Waals surface area contributed by atoms with E-state index in [4.69, 9.17) is 26.8 Å². The molecule has 0 radical (unpaired) electrons. The van der Waals surface area contributed by atoms with Gasteiger partial charge in [0, 0.05) is 36.9 Å². The summed E-state index contributed by atoms with van der Waals surface area (Å²) in [6.07, 6.45) is -6.32. The lowest BCUT2D eigenvalue weighted by atomic mass is 9.95. The van der Waals surface area contributed by atoms with Crippen molar-refractivity contribution in [3.8, 4) is 29.0 Å². The maximum atomic E-state index is 17.0. The van der Waals surface area contributed by atoms with Crippen molar-refractivity contribution in [2.45, 2.75) is 56.3 Å². The highest BCUT2D eigenvalue weighted by Gasteiger charge is 2.49. The van der Waals surface area contributed by atoms with E-state index in [9.17, 15) is 31.6 Å². The first-order valence-corrected chi connectivity index (χ1v) is 16.2. The molecule has 17 heteroatoms. The number of nitriles is 1. The van der Waals surface area contributed by atoms with Crippen LogP contribution in [0.25, 0.3) is 32.1 Å². The van der Waals surface area contributed by atoms with Crippen LogP contribution in [0.15, 0.2) is 12.1 Å². The molecule has 254 valence electrons. The normalized spacial score (nSPS) is 22.5. The van der Waals surface area contributed by atoms with Gasteiger partial charge in [0.05, 0.1) is 26.2 Å². The quantitative estimate of drug-likeness (QED) is 0.189. The molecule has 2 aromatic carbocycles. The van der Waals surface area contributed by atoms with Gasteiger partial charge in [0.15, 0.2) is 11.6 Å². The Bertz CT molecular complexity index is 1980. The zero-order valence-electron chi connectivity index (χ0n) is 24.9. The van der Waals surface area contributed by atoms with Crippen LogP contribution in [0.2, 0.25) is 5.02 Å². The molecule has 2 N–H and O–H groups in total. The number of ether oxygens (including phenoxy) is 2. The van der Waals surface area contributed by atoms with Gasteiger partial charge < -0.3 is 20.1 Å². The fourth-order valence-corrected chi connectivity index (χ4v) is 8.45. The van der Waals surface area contributed by atoms with E-state index < -0.39 is 78.4 Å². The SMILES string of the molecule is N#Cc1c(N)sc2c(F)ccc(-c3c(Cl)c4c5c(nc(OC[C@@]67CCCN6C[C@H](F)C7)nc5c3F)N(CCC(F)F)[C@@H](C(F)F)CO4)c12. The molecule has 0 unspecified atom stereocenters. The number of anilines is 2. The fraction of sp³-hybridized carbons (Fsp3) is 0.452. The van der Waals surface area contributed by atoms with Gasteiger partial charge in [0.2, 0.25) is 6.43 Å². The van der Waals surface area contributed by atoms with Crippen molar-refractivity contribution in [1.82, 2.24) is 14.9 Å². The lowest BCUT2D eigenvalue weighted by Gasteiger charge is -2.32. The number of alkyl halides is 5. The van der Waals surface area contributed by atoms with E-state index in [1.165, 1.54) is 6.07 Å². The van der Waals surface area contributed by atoms with Gasteiger partial charge in [-0.1, -0.05) is 17.7 Å². The summed E-state index contributed by atoms with van der Waals surface area (Å²) in [6.45, 7) is -0.603. The van der Waals surface area contributed by atoms with Gasteiger partial charge in [-0.05, 0) is 31.0 Å². The number of thiophene rings is 1. The molecule has 3 aliphatic heterocycles. The van der Waals surface area contributed by atoms with Gasteiger partial charge in [-0.3, -0.25) is 4.90 Å². The second-order valence-electron chi connectivity index (χ2n) is 12.1. The monoisotopic (exact) mass is 714 g/mol. The molecule has 5 heterocycles. The van der Waals surface area contributed by atoms with Crippen LogP contribution in [0.5, 0.6) is 11.8 Å². The third kappa shape index (κ3) is 5.21. The van der Waals surface area contributed by atoms with Gasteiger partial charge in [-0.2, -0.15) is 15.2 Å². The highest BCUT2D eigenvalue weighted by molar-refractivity contribution is 7.23. The molecule has 2 saturated heterocycles. The maximum absolute atomic E-state index is 17.0. The summed E-state index contributed by atoms with van der Waals surface area (Å²) in [7, 11) is 0. The predicted octanol–water partition coefficient (Wildman–Crippen LogP) is 7.34. The van der Waals surface area contributed by atoms with E-state index in [0.29, 0.717) is 13.0 Å². The molecule has 0 spiro atoms. The molecule has 2 aromatic heterocycles. The minimum atomic E-state index is -3.12. The van der Waals surface area contributed by atoms with Crippen molar-refractivity contribution in [2.75, 3.05) is 43.5 Å². The molecule has 4 aromatic rings. The van der Waals surface area contributed by atoms with Gasteiger partial charge in [0.1, 0.15) is 53.6 Å². The molecule has 3 atom stereocenters. The van der Waals surface area contributed by atoms with Crippen LogP contribution < -0.4 is 20.1 Å². The molecule has 0 bridgehead atoms. The van der Waals surface area contributed by atoms with E-state index >= 15 is 4.39 Å². The first-order valence-electron chi connectivity index (χ1n) is 15.1. The minimum absolute atomic E-state index is 0.0249. The van der Waals surface area contributed by atoms with E-state index in [-0.39, 0.29) is 68.3 Å². The fourth-order valence-electron chi connectivity index (χ4n) is 7.17. The molecule has 3 aliphatic rings. The number of hydrogen-bond donors (Lipinski definition) is 1. The summed E-state index contributed by atoms with van der Waals surface area (Å²) in [5.74, 6) is -2.52. The average Bonchev–Trinajstić information content (AvgIpc) is 3.64. The molecule has 48 heavy (non-hydrogen) atoms. The summed E-state index contributed by atoms with van der Waals surface area (Å²) < 4.78 is 114. The minimum Gasteiger partial charge on any atom is -0.489 e. The Hall–Kier alpha value is -3.81. The Morgan fingerprint density at radius 3 is 2.73 bits per heavy atom. The molecular weight excluding hydrogens is 689 g/mol. The Balaban J connectivity index is 1.47. The number of nitrogens with zero attached hydrogens (tertiary/aromatic N) is 5. The number of halogens is 8. The van der Waals surface area contributed by atoms with E-state index in [1.54, 1.807) is 0 Å². The zero-order valence-corrected chi connectivity index (χ0v) is 26.5. The van der Waals surface area contributed by atoms with Gasteiger partial charge >= 0.3 is 6.01 Å². The first kappa shape index (κ1) is 32.7. The van der Waals surface area contributed by atoms with Crippen LogP contribution in [0.3, 0.4) is 0 Å². The number of nitrogen functional groups attached to an aromatic ring is 1. The largest absolute Gasteiger partial charge is 0.489 e. The number of nitrogens with two attached hydrogens (primary N) is 1. The summed E-state index contributed by atoms with van der Waals surface area (Å²) in [4.78, 5) is 11.5. The molecular formula is C31H26ClF7N6O2S. The summed E-state index contributed by atoms with van der Waals surface area (Å²) >= 11 is 7.57. The van der Waals surface area contributed by atoms with Crippen molar-refractivity contribution in [2.24, 2.45) is 0 Å². The van der Waals surface area contributed by atoms with Gasteiger partial charge in [-0.25, -0.2) is 30.7 Å². The Kier molecular flexibility index (Phi) is 8.36. The van der Waals surface area contributed by atoms with Crippen molar-refractivity contribution >= 4 is 54.7 Å². The van der Waals surface area contributed by atoms with Crippen molar-refractivity contribution in [1.29, 1.82) is 5.26 Å².